The van der Waals surface area contributed by atoms with Gasteiger partial charge in [0.25, 0.3) is 0 Å². The molecule has 16 heavy (non-hydrogen) atoms. The molecule has 90 valence electrons. The van der Waals surface area contributed by atoms with Gasteiger partial charge in [-0.05, 0) is 11.6 Å². The Morgan fingerprint density at radius 1 is 1.38 bits per heavy atom. The fourth-order valence-electron chi connectivity index (χ4n) is 1.74. The van der Waals surface area contributed by atoms with Crippen molar-refractivity contribution in [3.05, 3.63) is 29.1 Å². The Labute approximate surface area is 94.8 Å². The van der Waals surface area contributed by atoms with E-state index < -0.39 is 0 Å². The van der Waals surface area contributed by atoms with Crippen molar-refractivity contribution in [3.63, 3.8) is 0 Å². The number of aliphatic hydroxyl groups is 1. The molecule has 1 N–H and O–H groups in total. The van der Waals surface area contributed by atoms with Gasteiger partial charge in [0.05, 0.1) is 13.7 Å². The van der Waals surface area contributed by atoms with Crippen LogP contribution in [0, 0.1) is 5.82 Å². The molecule has 1 aromatic rings. The highest BCUT2D eigenvalue weighted by atomic mass is 19.1. The van der Waals surface area contributed by atoms with E-state index in [1.54, 1.807) is 7.11 Å². The minimum Gasteiger partial charge on any atom is -0.496 e. The third-order valence-corrected chi connectivity index (χ3v) is 2.48. The van der Waals surface area contributed by atoms with Crippen LogP contribution >= 0.6 is 0 Å². The van der Waals surface area contributed by atoms with E-state index >= 15 is 0 Å². The highest BCUT2D eigenvalue weighted by Crippen LogP contribution is 2.31. The highest BCUT2D eigenvalue weighted by Gasteiger charge is 2.17. The summed E-state index contributed by atoms with van der Waals surface area (Å²) in [5.74, 6) is -0.0212. The molecule has 0 aliphatic rings. The molecule has 1 unspecified atom stereocenters. The van der Waals surface area contributed by atoms with Crippen molar-refractivity contribution < 1.29 is 19.0 Å². The number of halogens is 1. The van der Waals surface area contributed by atoms with Gasteiger partial charge in [-0.25, -0.2) is 4.39 Å². The average molecular weight is 228 g/mol. The lowest BCUT2D eigenvalue weighted by molar-refractivity contribution is 0.182. The predicted octanol–water partition coefficient (Wildman–Crippen LogP) is 2.08. The SMILES string of the molecule is COCc1cc(F)cc(OC)c1C(C)CO. The molecule has 0 aliphatic carbocycles. The van der Waals surface area contributed by atoms with Gasteiger partial charge in [0.1, 0.15) is 11.6 Å². The molecule has 0 amide bonds. The van der Waals surface area contributed by atoms with E-state index in [1.807, 2.05) is 6.92 Å². The van der Waals surface area contributed by atoms with Crippen molar-refractivity contribution in [2.45, 2.75) is 19.4 Å². The van der Waals surface area contributed by atoms with Crippen molar-refractivity contribution in [2.75, 3.05) is 20.8 Å². The molecular weight excluding hydrogens is 211 g/mol. The van der Waals surface area contributed by atoms with Crippen molar-refractivity contribution in [1.82, 2.24) is 0 Å². The second-order valence-electron chi connectivity index (χ2n) is 3.70. The number of methoxy groups -OCH3 is 2. The van der Waals surface area contributed by atoms with Crippen LogP contribution < -0.4 is 4.74 Å². The second kappa shape index (κ2) is 5.82. The molecule has 0 spiro atoms. The van der Waals surface area contributed by atoms with Crippen LogP contribution in [-0.4, -0.2) is 25.9 Å². The van der Waals surface area contributed by atoms with E-state index in [-0.39, 0.29) is 18.3 Å². The Balaban J connectivity index is 3.26. The van der Waals surface area contributed by atoms with Crippen LogP contribution in [0.25, 0.3) is 0 Å². The van der Waals surface area contributed by atoms with Gasteiger partial charge < -0.3 is 14.6 Å². The van der Waals surface area contributed by atoms with Gasteiger partial charge in [0.2, 0.25) is 0 Å². The van der Waals surface area contributed by atoms with Crippen molar-refractivity contribution in [2.24, 2.45) is 0 Å². The molecule has 0 fully saturated rings. The summed E-state index contributed by atoms with van der Waals surface area (Å²) in [5, 5.41) is 9.18. The Bertz CT molecular complexity index is 352. The first-order valence-corrected chi connectivity index (χ1v) is 5.10. The molecule has 1 rings (SSSR count). The van der Waals surface area contributed by atoms with Crippen LogP contribution in [0.2, 0.25) is 0 Å². The lowest BCUT2D eigenvalue weighted by atomic mass is 9.95. The largest absolute Gasteiger partial charge is 0.496 e. The molecule has 0 saturated heterocycles. The fourth-order valence-corrected chi connectivity index (χ4v) is 1.74. The van der Waals surface area contributed by atoms with Gasteiger partial charge in [-0.2, -0.15) is 0 Å². The van der Waals surface area contributed by atoms with Gasteiger partial charge in [-0.3, -0.25) is 0 Å². The smallest absolute Gasteiger partial charge is 0.127 e. The molecule has 1 atom stereocenters. The number of rotatable bonds is 5. The van der Waals surface area contributed by atoms with Crippen LogP contribution in [0.1, 0.15) is 24.0 Å². The summed E-state index contributed by atoms with van der Waals surface area (Å²) in [6.45, 7) is 2.14. The molecule has 0 aromatic heterocycles. The number of aliphatic hydroxyl groups excluding tert-OH is 1. The van der Waals surface area contributed by atoms with Crippen molar-refractivity contribution >= 4 is 0 Å². The second-order valence-corrected chi connectivity index (χ2v) is 3.70. The quantitative estimate of drug-likeness (QED) is 0.838. The Morgan fingerprint density at radius 2 is 2.06 bits per heavy atom. The van der Waals surface area contributed by atoms with Gasteiger partial charge in [0.15, 0.2) is 0 Å². The Hall–Kier alpha value is -1.13. The first-order valence-electron chi connectivity index (χ1n) is 5.10. The highest BCUT2D eigenvalue weighted by molar-refractivity contribution is 5.43. The van der Waals surface area contributed by atoms with Gasteiger partial charge in [0, 0.05) is 31.3 Å². The first kappa shape index (κ1) is 12.9. The summed E-state index contributed by atoms with van der Waals surface area (Å²) in [6.07, 6.45) is 0. The van der Waals surface area contributed by atoms with E-state index in [4.69, 9.17) is 9.47 Å². The zero-order valence-corrected chi connectivity index (χ0v) is 9.79. The number of hydrogen-bond acceptors (Lipinski definition) is 3. The fraction of sp³-hybridized carbons (Fsp3) is 0.500. The van der Waals surface area contributed by atoms with E-state index in [2.05, 4.69) is 0 Å². The average Bonchev–Trinajstić information content (AvgIpc) is 2.27. The first-order chi connectivity index (χ1) is 7.63. The molecule has 0 aliphatic heterocycles. The topological polar surface area (TPSA) is 38.7 Å². The van der Waals surface area contributed by atoms with Gasteiger partial charge >= 0.3 is 0 Å². The zero-order chi connectivity index (χ0) is 12.1. The summed E-state index contributed by atoms with van der Waals surface area (Å²) in [6, 6.07) is 2.73. The van der Waals surface area contributed by atoms with Crippen LogP contribution in [0.5, 0.6) is 5.75 Å². The monoisotopic (exact) mass is 228 g/mol. The molecule has 3 nitrogen and oxygen atoms in total. The van der Waals surface area contributed by atoms with Crippen molar-refractivity contribution in [3.8, 4) is 5.75 Å². The van der Waals surface area contributed by atoms with E-state index in [1.165, 1.54) is 19.2 Å². The Morgan fingerprint density at radius 3 is 2.56 bits per heavy atom. The van der Waals surface area contributed by atoms with Crippen LogP contribution in [-0.2, 0) is 11.3 Å². The number of hydrogen-bond donors (Lipinski definition) is 1. The maximum absolute atomic E-state index is 13.3. The van der Waals surface area contributed by atoms with Crippen molar-refractivity contribution in [1.29, 1.82) is 0 Å². The van der Waals surface area contributed by atoms with E-state index in [0.717, 1.165) is 5.56 Å². The number of benzene rings is 1. The summed E-state index contributed by atoms with van der Waals surface area (Å²) in [7, 11) is 3.03. The third kappa shape index (κ3) is 2.71. The van der Waals surface area contributed by atoms with Gasteiger partial charge in [-0.15, -0.1) is 0 Å². The maximum atomic E-state index is 13.3. The number of ether oxygens (including phenoxy) is 2. The normalized spacial score (nSPS) is 12.6. The van der Waals surface area contributed by atoms with Crippen LogP contribution in [0.15, 0.2) is 12.1 Å². The summed E-state index contributed by atoms with van der Waals surface area (Å²) in [5.41, 5.74) is 1.51. The lowest BCUT2D eigenvalue weighted by Gasteiger charge is -2.18. The van der Waals surface area contributed by atoms with E-state index in [9.17, 15) is 9.50 Å². The molecule has 0 heterocycles. The van der Waals surface area contributed by atoms with Crippen LogP contribution in [0.3, 0.4) is 0 Å². The molecule has 0 radical (unpaired) electrons. The minimum absolute atomic E-state index is 0.0152. The summed E-state index contributed by atoms with van der Waals surface area (Å²) < 4.78 is 23.4. The van der Waals surface area contributed by atoms with E-state index in [0.29, 0.717) is 17.9 Å². The molecule has 1 aromatic carbocycles. The standard InChI is InChI=1S/C12H17FO3/c1-8(6-14)12-9(7-15-2)4-10(13)5-11(12)16-3/h4-5,8,14H,6-7H2,1-3H3. The Kier molecular flexibility index (Phi) is 4.71. The molecule has 0 bridgehead atoms. The predicted molar refractivity (Wildman–Crippen MR) is 59.2 cm³/mol. The third-order valence-electron chi connectivity index (χ3n) is 2.48. The lowest BCUT2D eigenvalue weighted by Crippen LogP contribution is -2.07. The zero-order valence-electron chi connectivity index (χ0n) is 9.79. The molecule has 4 heteroatoms. The van der Waals surface area contributed by atoms with Crippen LogP contribution in [0.4, 0.5) is 4.39 Å². The minimum atomic E-state index is -0.363. The molecular formula is C12H17FO3. The molecule has 0 saturated carbocycles. The van der Waals surface area contributed by atoms with Gasteiger partial charge in [-0.1, -0.05) is 6.92 Å². The summed E-state index contributed by atoms with van der Waals surface area (Å²) in [4.78, 5) is 0. The summed E-state index contributed by atoms with van der Waals surface area (Å²) >= 11 is 0. The maximum Gasteiger partial charge on any atom is 0.127 e.